The zero-order valence-electron chi connectivity index (χ0n) is 14.2. The average molecular weight is 322 g/mol. The van der Waals surface area contributed by atoms with Gasteiger partial charge in [-0.1, -0.05) is 0 Å². The average Bonchev–Trinajstić information content (AvgIpc) is 2.45. The van der Waals surface area contributed by atoms with E-state index in [9.17, 15) is 10.1 Å². The van der Waals surface area contributed by atoms with E-state index in [1.807, 2.05) is 0 Å². The Bertz CT molecular complexity index is 525. The normalized spacial score (nSPS) is 22.0. The summed E-state index contributed by atoms with van der Waals surface area (Å²) in [6.45, 7) is 9.63. The summed E-state index contributed by atoms with van der Waals surface area (Å²) in [6.07, 6.45) is 2.65. The van der Waals surface area contributed by atoms with Gasteiger partial charge < -0.3 is 9.47 Å². The molecule has 0 N–H and O–H groups in total. The molecule has 0 bridgehead atoms. The van der Waals surface area contributed by atoms with Crippen LogP contribution in [0.25, 0.3) is 0 Å². The monoisotopic (exact) mass is 322 g/mol. The lowest BCUT2D eigenvalue weighted by Crippen LogP contribution is -2.45. The van der Waals surface area contributed by atoms with Gasteiger partial charge in [-0.15, -0.1) is 0 Å². The van der Waals surface area contributed by atoms with Crippen LogP contribution >= 0.6 is 0 Å². The Balaban J connectivity index is 1.67. The van der Waals surface area contributed by atoms with Gasteiger partial charge in [0.2, 0.25) is 0 Å². The minimum absolute atomic E-state index is 0.132. The fraction of sp³-hybridized carbons (Fsp3) is 0.647. The molecule has 1 aliphatic heterocycles. The Kier molecular flexibility index (Phi) is 6.36. The van der Waals surface area contributed by atoms with Crippen molar-refractivity contribution in [1.29, 1.82) is 0 Å². The predicted molar refractivity (Wildman–Crippen MR) is 89.0 cm³/mol. The molecule has 1 saturated heterocycles. The van der Waals surface area contributed by atoms with Gasteiger partial charge in [-0.25, -0.2) is 0 Å². The van der Waals surface area contributed by atoms with E-state index in [0.29, 0.717) is 30.1 Å². The van der Waals surface area contributed by atoms with Crippen molar-refractivity contribution in [2.45, 2.75) is 45.8 Å². The summed E-state index contributed by atoms with van der Waals surface area (Å²) in [4.78, 5) is 12.8. The van der Waals surface area contributed by atoms with Crippen molar-refractivity contribution in [3.63, 3.8) is 0 Å². The van der Waals surface area contributed by atoms with Gasteiger partial charge >= 0.3 is 0 Å². The Hall–Kier alpha value is -1.66. The summed E-state index contributed by atoms with van der Waals surface area (Å²) >= 11 is 0. The highest BCUT2D eigenvalue weighted by molar-refractivity contribution is 5.44. The number of nitro benzene ring substituents is 1. The van der Waals surface area contributed by atoms with Gasteiger partial charge in [-0.2, -0.15) is 0 Å². The third-order valence-corrected chi connectivity index (χ3v) is 4.00. The van der Waals surface area contributed by atoms with Crippen LogP contribution in [0.3, 0.4) is 0 Å². The summed E-state index contributed by atoms with van der Waals surface area (Å²) in [5.41, 5.74) is 0.761. The van der Waals surface area contributed by atoms with E-state index in [4.69, 9.17) is 9.47 Å². The molecule has 6 heteroatoms. The van der Waals surface area contributed by atoms with Crippen LogP contribution in [0, 0.1) is 17.0 Å². The maximum atomic E-state index is 10.8. The van der Waals surface area contributed by atoms with E-state index >= 15 is 0 Å². The highest BCUT2D eigenvalue weighted by Gasteiger charge is 2.21. The van der Waals surface area contributed by atoms with Gasteiger partial charge in [-0.3, -0.25) is 15.0 Å². The number of unbranched alkanes of at least 4 members (excludes halogenated alkanes) is 1. The Morgan fingerprint density at radius 2 is 2.00 bits per heavy atom. The molecule has 1 aromatic rings. The Morgan fingerprint density at radius 1 is 1.30 bits per heavy atom. The first-order valence-corrected chi connectivity index (χ1v) is 8.21. The number of morpholine rings is 1. The molecule has 6 nitrogen and oxygen atoms in total. The number of hydrogen-bond donors (Lipinski definition) is 0. The van der Waals surface area contributed by atoms with E-state index in [1.54, 1.807) is 19.1 Å². The third kappa shape index (κ3) is 5.48. The number of hydrogen-bond acceptors (Lipinski definition) is 5. The lowest BCUT2D eigenvalue weighted by Gasteiger charge is -2.35. The molecule has 0 amide bonds. The summed E-state index contributed by atoms with van der Waals surface area (Å²) in [7, 11) is 0. The summed E-state index contributed by atoms with van der Waals surface area (Å²) in [5.74, 6) is 0.696. The van der Waals surface area contributed by atoms with Crippen LogP contribution in [0.5, 0.6) is 5.75 Å². The van der Waals surface area contributed by atoms with Gasteiger partial charge in [0.25, 0.3) is 5.69 Å². The second-order valence-corrected chi connectivity index (χ2v) is 6.28. The van der Waals surface area contributed by atoms with Crippen LogP contribution in [-0.2, 0) is 4.74 Å². The fourth-order valence-corrected chi connectivity index (χ4v) is 3.02. The van der Waals surface area contributed by atoms with E-state index < -0.39 is 0 Å². The lowest BCUT2D eigenvalue weighted by molar-refractivity contribution is -0.385. The first kappa shape index (κ1) is 17.7. The summed E-state index contributed by atoms with van der Waals surface area (Å²) in [6, 6.07) is 4.89. The predicted octanol–water partition coefficient (Wildman–Crippen LogP) is 3.17. The van der Waals surface area contributed by atoms with Crippen molar-refractivity contribution in [3.05, 3.63) is 33.9 Å². The van der Waals surface area contributed by atoms with Crippen molar-refractivity contribution in [2.24, 2.45) is 0 Å². The molecule has 0 spiro atoms. The van der Waals surface area contributed by atoms with Crippen LogP contribution in [0.1, 0.15) is 32.3 Å². The van der Waals surface area contributed by atoms with E-state index in [0.717, 1.165) is 32.5 Å². The van der Waals surface area contributed by atoms with Gasteiger partial charge in [0.05, 0.1) is 23.7 Å². The van der Waals surface area contributed by atoms with Crippen LogP contribution in [0.4, 0.5) is 5.69 Å². The number of ether oxygens (including phenoxy) is 2. The van der Waals surface area contributed by atoms with E-state index in [1.165, 1.54) is 6.07 Å². The largest absolute Gasteiger partial charge is 0.494 e. The number of benzene rings is 1. The van der Waals surface area contributed by atoms with Crippen molar-refractivity contribution >= 4 is 5.69 Å². The molecule has 128 valence electrons. The zero-order valence-corrected chi connectivity index (χ0v) is 14.2. The van der Waals surface area contributed by atoms with Gasteiger partial charge in [0.15, 0.2) is 0 Å². The zero-order chi connectivity index (χ0) is 16.8. The molecule has 2 atom stereocenters. The first-order valence-electron chi connectivity index (χ1n) is 8.21. The maximum absolute atomic E-state index is 10.8. The van der Waals surface area contributed by atoms with Gasteiger partial charge in [0.1, 0.15) is 5.75 Å². The minimum Gasteiger partial charge on any atom is -0.494 e. The van der Waals surface area contributed by atoms with Crippen molar-refractivity contribution in [2.75, 3.05) is 26.2 Å². The fourth-order valence-electron chi connectivity index (χ4n) is 3.02. The number of rotatable bonds is 7. The molecule has 1 fully saturated rings. The smallest absolute Gasteiger partial charge is 0.272 e. The van der Waals surface area contributed by atoms with Gasteiger partial charge in [0, 0.05) is 24.7 Å². The van der Waals surface area contributed by atoms with Crippen molar-refractivity contribution < 1.29 is 14.4 Å². The van der Waals surface area contributed by atoms with Crippen molar-refractivity contribution in [1.82, 2.24) is 4.90 Å². The molecule has 23 heavy (non-hydrogen) atoms. The first-order chi connectivity index (χ1) is 11.0. The van der Waals surface area contributed by atoms with Crippen LogP contribution < -0.4 is 4.74 Å². The standard InChI is InChI=1S/C17H26N2O4/c1-13-10-16(6-7-17(13)19(20)21)22-9-5-4-8-18-11-14(2)23-15(3)12-18/h6-7,10,14-15H,4-5,8-9,11-12H2,1-3H3/t14-,15+. The molecule has 1 heterocycles. The third-order valence-electron chi connectivity index (χ3n) is 4.00. The second-order valence-electron chi connectivity index (χ2n) is 6.28. The van der Waals surface area contributed by atoms with E-state index in [2.05, 4.69) is 18.7 Å². The highest BCUT2D eigenvalue weighted by Crippen LogP contribution is 2.23. The molecule has 0 unspecified atom stereocenters. The molecule has 0 aliphatic carbocycles. The molecule has 0 radical (unpaired) electrons. The number of nitrogens with zero attached hydrogens (tertiary/aromatic N) is 2. The molecule has 2 rings (SSSR count). The Morgan fingerprint density at radius 3 is 2.61 bits per heavy atom. The molecule has 1 aliphatic rings. The maximum Gasteiger partial charge on any atom is 0.272 e. The summed E-state index contributed by atoms with van der Waals surface area (Å²) in [5, 5.41) is 10.8. The van der Waals surface area contributed by atoms with Gasteiger partial charge in [-0.05, 0) is 52.3 Å². The molecular formula is C17H26N2O4. The van der Waals surface area contributed by atoms with Crippen molar-refractivity contribution in [3.8, 4) is 5.75 Å². The van der Waals surface area contributed by atoms with Crippen LogP contribution in [-0.4, -0.2) is 48.3 Å². The van der Waals surface area contributed by atoms with Crippen LogP contribution in [0.15, 0.2) is 18.2 Å². The minimum atomic E-state index is -0.372. The molecule has 0 saturated carbocycles. The molecule has 0 aromatic heterocycles. The topological polar surface area (TPSA) is 64.8 Å². The lowest BCUT2D eigenvalue weighted by atomic mass is 10.2. The van der Waals surface area contributed by atoms with Crippen LogP contribution in [0.2, 0.25) is 0 Å². The summed E-state index contributed by atoms with van der Waals surface area (Å²) < 4.78 is 11.4. The second kappa shape index (κ2) is 8.26. The molecule has 1 aromatic carbocycles. The van der Waals surface area contributed by atoms with E-state index in [-0.39, 0.29) is 10.6 Å². The SMILES string of the molecule is Cc1cc(OCCCCN2C[C@@H](C)O[C@@H](C)C2)ccc1[N+](=O)[O-]. The number of nitro groups is 1. The quantitative estimate of drug-likeness (QED) is 0.438. The molecular weight excluding hydrogens is 296 g/mol. The highest BCUT2D eigenvalue weighted by atomic mass is 16.6. The number of aryl methyl sites for hydroxylation is 1. The Labute approximate surface area is 137 Å².